The molecule has 96 valence electrons. The van der Waals surface area contributed by atoms with Crippen LogP contribution in [-0.4, -0.2) is 19.1 Å². The van der Waals surface area contributed by atoms with Crippen LogP contribution in [0.5, 0.6) is 5.75 Å². The summed E-state index contributed by atoms with van der Waals surface area (Å²) in [6.07, 6.45) is 1.77. The molecular formula is C14H18N2O2. The number of amides is 1. The number of carbonyl (C=O) groups excluding carboxylic acids is 1. The molecule has 0 bridgehead atoms. The van der Waals surface area contributed by atoms with Crippen LogP contribution >= 0.6 is 0 Å². The van der Waals surface area contributed by atoms with E-state index >= 15 is 0 Å². The standard InChI is InChI=1S/C14H18N2O2/c1-3-6-12(10-15)16-14(17)9-11-7-4-5-8-13(11)18-2/h4-5,7-8,12H,3,6,9H2,1-2H3,(H,16,17). The van der Waals surface area contributed by atoms with Crippen molar-refractivity contribution in [2.24, 2.45) is 0 Å². The highest BCUT2D eigenvalue weighted by atomic mass is 16.5. The fourth-order valence-electron chi connectivity index (χ4n) is 1.73. The summed E-state index contributed by atoms with van der Waals surface area (Å²) in [6.45, 7) is 1.98. The van der Waals surface area contributed by atoms with Gasteiger partial charge in [-0.15, -0.1) is 0 Å². The van der Waals surface area contributed by atoms with Crippen LogP contribution in [0.25, 0.3) is 0 Å². The van der Waals surface area contributed by atoms with E-state index < -0.39 is 6.04 Å². The van der Waals surface area contributed by atoms with Crippen molar-refractivity contribution in [3.63, 3.8) is 0 Å². The van der Waals surface area contributed by atoms with Crippen LogP contribution in [0.2, 0.25) is 0 Å². The maximum Gasteiger partial charge on any atom is 0.225 e. The van der Waals surface area contributed by atoms with Gasteiger partial charge in [-0.25, -0.2) is 0 Å². The van der Waals surface area contributed by atoms with Crippen LogP contribution in [0.15, 0.2) is 24.3 Å². The fraction of sp³-hybridized carbons (Fsp3) is 0.429. The smallest absolute Gasteiger partial charge is 0.225 e. The third-order valence-corrected chi connectivity index (χ3v) is 2.61. The highest BCUT2D eigenvalue weighted by molar-refractivity contribution is 5.79. The van der Waals surface area contributed by atoms with Crippen molar-refractivity contribution < 1.29 is 9.53 Å². The van der Waals surface area contributed by atoms with Gasteiger partial charge >= 0.3 is 0 Å². The Hall–Kier alpha value is -2.02. The Balaban J connectivity index is 2.62. The molecule has 0 radical (unpaired) electrons. The summed E-state index contributed by atoms with van der Waals surface area (Å²) < 4.78 is 5.18. The Morgan fingerprint density at radius 3 is 2.83 bits per heavy atom. The molecule has 1 unspecified atom stereocenters. The number of nitrogens with one attached hydrogen (secondary N) is 1. The Morgan fingerprint density at radius 1 is 1.50 bits per heavy atom. The van der Waals surface area contributed by atoms with Crippen molar-refractivity contribution in [3.8, 4) is 11.8 Å². The highest BCUT2D eigenvalue weighted by Gasteiger charge is 2.12. The lowest BCUT2D eigenvalue weighted by Gasteiger charge is -2.12. The lowest BCUT2D eigenvalue weighted by molar-refractivity contribution is -0.120. The average Bonchev–Trinajstić information content (AvgIpc) is 2.38. The van der Waals surface area contributed by atoms with Crippen LogP contribution in [0.4, 0.5) is 0 Å². The number of nitriles is 1. The molecular weight excluding hydrogens is 228 g/mol. The van der Waals surface area contributed by atoms with Gasteiger partial charge in [-0.3, -0.25) is 4.79 Å². The molecule has 4 heteroatoms. The molecule has 0 fully saturated rings. The summed E-state index contributed by atoms with van der Waals surface area (Å²) in [7, 11) is 1.58. The van der Waals surface area contributed by atoms with E-state index in [2.05, 4.69) is 11.4 Å². The normalized spacial score (nSPS) is 11.4. The van der Waals surface area contributed by atoms with Gasteiger partial charge in [0.25, 0.3) is 0 Å². The van der Waals surface area contributed by atoms with Gasteiger partial charge in [-0.2, -0.15) is 5.26 Å². The zero-order valence-corrected chi connectivity index (χ0v) is 10.8. The maximum absolute atomic E-state index is 11.8. The van der Waals surface area contributed by atoms with Gasteiger partial charge in [0.2, 0.25) is 5.91 Å². The second kappa shape index (κ2) is 7.33. The zero-order chi connectivity index (χ0) is 13.4. The van der Waals surface area contributed by atoms with E-state index in [-0.39, 0.29) is 12.3 Å². The van der Waals surface area contributed by atoms with Crippen LogP contribution in [0.1, 0.15) is 25.3 Å². The monoisotopic (exact) mass is 246 g/mol. The van der Waals surface area contributed by atoms with E-state index in [4.69, 9.17) is 10.00 Å². The molecule has 0 spiro atoms. The van der Waals surface area contributed by atoms with Gasteiger partial charge in [0.15, 0.2) is 0 Å². The molecule has 0 saturated carbocycles. The Labute approximate surface area is 108 Å². The van der Waals surface area contributed by atoms with Gasteiger partial charge in [0.05, 0.1) is 19.6 Å². The molecule has 1 amide bonds. The summed E-state index contributed by atoms with van der Waals surface area (Å²) in [6, 6.07) is 9.06. The predicted octanol–water partition coefficient (Wildman–Crippen LogP) is 2.05. The van der Waals surface area contributed by atoms with E-state index in [0.717, 1.165) is 12.0 Å². The molecule has 0 aliphatic rings. The van der Waals surface area contributed by atoms with E-state index in [0.29, 0.717) is 12.2 Å². The van der Waals surface area contributed by atoms with Crippen molar-refractivity contribution in [2.75, 3.05) is 7.11 Å². The SMILES string of the molecule is CCCC(C#N)NC(=O)Cc1ccccc1OC. The van der Waals surface area contributed by atoms with Crippen molar-refractivity contribution in [3.05, 3.63) is 29.8 Å². The van der Waals surface area contributed by atoms with Crippen LogP contribution in [0.3, 0.4) is 0 Å². The average molecular weight is 246 g/mol. The molecule has 0 heterocycles. The minimum atomic E-state index is -0.405. The summed E-state index contributed by atoms with van der Waals surface area (Å²) in [5.74, 6) is 0.538. The number of ether oxygens (including phenoxy) is 1. The number of para-hydroxylation sites is 1. The predicted molar refractivity (Wildman–Crippen MR) is 69.1 cm³/mol. The molecule has 18 heavy (non-hydrogen) atoms. The first kappa shape index (κ1) is 14.0. The first-order valence-corrected chi connectivity index (χ1v) is 6.02. The topological polar surface area (TPSA) is 62.1 Å². The number of nitrogens with zero attached hydrogens (tertiary/aromatic N) is 1. The molecule has 1 aromatic carbocycles. The van der Waals surface area contributed by atoms with Crippen molar-refractivity contribution >= 4 is 5.91 Å². The lowest BCUT2D eigenvalue weighted by atomic mass is 10.1. The van der Waals surface area contributed by atoms with Gasteiger partial charge < -0.3 is 10.1 Å². The molecule has 0 aliphatic heterocycles. The quantitative estimate of drug-likeness (QED) is 0.835. The number of methoxy groups -OCH3 is 1. The van der Waals surface area contributed by atoms with E-state index in [9.17, 15) is 4.79 Å². The molecule has 4 nitrogen and oxygen atoms in total. The number of carbonyl (C=O) groups is 1. The van der Waals surface area contributed by atoms with Crippen molar-refractivity contribution in [2.45, 2.75) is 32.2 Å². The maximum atomic E-state index is 11.8. The second-order valence-electron chi connectivity index (χ2n) is 4.03. The van der Waals surface area contributed by atoms with Gasteiger partial charge in [-0.1, -0.05) is 31.5 Å². The van der Waals surface area contributed by atoms with E-state index in [1.165, 1.54) is 0 Å². The molecule has 0 aromatic heterocycles. The first-order valence-electron chi connectivity index (χ1n) is 6.02. The third kappa shape index (κ3) is 4.10. The minimum absolute atomic E-state index is 0.153. The minimum Gasteiger partial charge on any atom is -0.496 e. The largest absolute Gasteiger partial charge is 0.496 e. The summed E-state index contributed by atoms with van der Waals surface area (Å²) in [5, 5.41) is 11.6. The number of benzene rings is 1. The number of hydrogen-bond acceptors (Lipinski definition) is 3. The van der Waals surface area contributed by atoms with Crippen molar-refractivity contribution in [1.29, 1.82) is 5.26 Å². The number of hydrogen-bond donors (Lipinski definition) is 1. The molecule has 1 aromatic rings. The van der Waals surface area contributed by atoms with E-state index in [1.54, 1.807) is 7.11 Å². The Kier molecular flexibility index (Phi) is 5.72. The van der Waals surface area contributed by atoms with Crippen molar-refractivity contribution in [1.82, 2.24) is 5.32 Å². The zero-order valence-electron chi connectivity index (χ0n) is 10.8. The van der Waals surface area contributed by atoms with Gasteiger partial charge in [-0.05, 0) is 12.5 Å². The molecule has 0 aliphatic carbocycles. The molecule has 0 saturated heterocycles. The lowest BCUT2D eigenvalue weighted by Crippen LogP contribution is -2.34. The van der Waals surface area contributed by atoms with Gasteiger partial charge in [0, 0.05) is 5.56 Å². The first-order chi connectivity index (χ1) is 8.71. The Morgan fingerprint density at radius 2 is 2.22 bits per heavy atom. The number of rotatable bonds is 6. The molecule has 1 atom stereocenters. The van der Waals surface area contributed by atoms with Gasteiger partial charge in [0.1, 0.15) is 11.8 Å². The van der Waals surface area contributed by atoms with Crippen LogP contribution in [0, 0.1) is 11.3 Å². The van der Waals surface area contributed by atoms with Crippen LogP contribution in [-0.2, 0) is 11.2 Å². The fourth-order valence-corrected chi connectivity index (χ4v) is 1.73. The summed E-state index contributed by atoms with van der Waals surface area (Å²) in [4.78, 5) is 11.8. The summed E-state index contributed by atoms with van der Waals surface area (Å²) in [5.41, 5.74) is 0.825. The summed E-state index contributed by atoms with van der Waals surface area (Å²) >= 11 is 0. The highest BCUT2D eigenvalue weighted by Crippen LogP contribution is 2.17. The second-order valence-corrected chi connectivity index (χ2v) is 4.03. The third-order valence-electron chi connectivity index (χ3n) is 2.61. The van der Waals surface area contributed by atoms with Crippen LogP contribution < -0.4 is 10.1 Å². The molecule has 1 N–H and O–H groups in total. The molecule has 1 rings (SSSR count). The Bertz CT molecular complexity index is 438. The van der Waals surface area contributed by atoms with E-state index in [1.807, 2.05) is 31.2 Å².